The molecule has 1 heterocycles. The average molecular weight is 282 g/mol. The predicted molar refractivity (Wildman–Crippen MR) is 88.8 cm³/mol. The summed E-state index contributed by atoms with van der Waals surface area (Å²) in [4.78, 5) is 9.17. The SMILES string of the molecule is Cc1ncc2cc(C(C)(C)C)cc(C3CCCCC3)c2n1. The van der Waals surface area contributed by atoms with Crippen LogP contribution in [0.15, 0.2) is 18.3 Å². The molecule has 0 aliphatic heterocycles. The maximum Gasteiger partial charge on any atom is 0.125 e. The molecule has 0 spiro atoms. The van der Waals surface area contributed by atoms with Gasteiger partial charge in [-0.15, -0.1) is 0 Å². The summed E-state index contributed by atoms with van der Waals surface area (Å²) in [5.74, 6) is 1.56. The largest absolute Gasteiger partial charge is 0.241 e. The van der Waals surface area contributed by atoms with Crippen LogP contribution < -0.4 is 0 Å². The average Bonchev–Trinajstić information content (AvgIpc) is 2.46. The van der Waals surface area contributed by atoms with E-state index in [1.54, 1.807) is 0 Å². The van der Waals surface area contributed by atoms with Gasteiger partial charge < -0.3 is 0 Å². The fourth-order valence-corrected chi connectivity index (χ4v) is 3.42. The normalized spacial score (nSPS) is 17.3. The van der Waals surface area contributed by atoms with Crippen LogP contribution in [-0.4, -0.2) is 9.97 Å². The number of rotatable bonds is 1. The maximum absolute atomic E-state index is 4.76. The van der Waals surface area contributed by atoms with Crippen molar-refractivity contribution >= 4 is 10.9 Å². The van der Waals surface area contributed by atoms with E-state index >= 15 is 0 Å². The number of aromatic nitrogens is 2. The molecule has 1 aromatic heterocycles. The Hall–Kier alpha value is -1.44. The van der Waals surface area contributed by atoms with Crippen LogP contribution in [0.1, 0.15) is 75.7 Å². The van der Waals surface area contributed by atoms with E-state index in [0.29, 0.717) is 5.92 Å². The van der Waals surface area contributed by atoms with Gasteiger partial charge in [-0.05, 0) is 48.3 Å². The highest BCUT2D eigenvalue weighted by Gasteiger charge is 2.22. The van der Waals surface area contributed by atoms with Crippen molar-refractivity contribution in [3.05, 3.63) is 35.3 Å². The van der Waals surface area contributed by atoms with Crippen LogP contribution in [0.5, 0.6) is 0 Å². The number of benzene rings is 1. The molecule has 1 aliphatic rings. The lowest BCUT2D eigenvalue weighted by Crippen LogP contribution is -2.14. The number of hydrogen-bond acceptors (Lipinski definition) is 2. The van der Waals surface area contributed by atoms with Gasteiger partial charge in [-0.1, -0.05) is 46.1 Å². The van der Waals surface area contributed by atoms with Gasteiger partial charge in [0.2, 0.25) is 0 Å². The summed E-state index contributed by atoms with van der Waals surface area (Å²) in [6.45, 7) is 8.84. The van der Waals surface area contributed by atoms with Gasteiger partial charge in [0.25, 0.3) is 0 Å². The fourth-order valence-electron chi connectivity index (χ4n) is 3.42. The van der Waals surface area contributed by atoms with E-state index in [1.165, 1.54) is 54.1 Å². The molecule has 0 saturated heterocycles. The Morgan fingerprint density at radius 1 is 1.05 bits per heavy atom. The number of hydrogen-bond donors (Lipinski definition) is 0. The van der Waals surface area contributed by atoms with E-state index in [0.717, 1.165) is 5.82 Å². The third kappa shape index (κ3) is 2.95. The molecule has 2 aromatic rings. The molecular weight excluding hydrogens is 256 g/mol. The van der Waals surface area contributed by atoms with Crippen LogP contribution >= 0.6 is 0 Å². The monoisotopic (exact) mass is 282 g/mol. The van der Waals surface area contributed by atoms with Gasteiger partial charge in [0.1, 0.15) is 5.82 Å². The molecule has 0 N–H and O–H groups in total. The fraction of sp³-hybridized carbons (Fsp3) is 0.579. The third-order valence-corrected chi connectivity index (χ3v) is 4.74. The quantitative estimate of drug-likeness (QED) is 0.710. The minimum atomic E-state index is 0.169. The Morgan fingerprint density at radius 2 is 1.76 bits per heavy atom. The summed E-state index contributed by atoms with van der Waals surface area (Å²) >= 11 is 0. The van der Waals surface area contributed by atoms with E-state index in [9.17, 15) is 0 Å². The molecule has 0 unspecified atom stereocenters. The second-order valence-corrected chi connectivity index (χ2v) is 7.51. The second kappa shape index (κ2) is 5.40. The van der Waals surface area contributed by atoms with Crippen molar-refractivity contribution in [2.45, 2.75) is 71.1 Å². The maximum atomic E-state index is 4.76. The molecule has 1 saturated carbocycles. The van der Waals surface area contributed by atoms with Gasteiger partial charge in [-0.2, -0.15) is 0 Å². The molecule has 2 heteroatoms. The van der Waals surface area contributed by atoms with Crippen molar-refractivity contribution in [1.82, 2.24) is 9.97 Å². The van der Waals surface area contributed by atoms with Crippen LogP contribution in [0.4, 0.5) is 0 Å². The van der Waals surface area contributed by atoms with Crippen molar-refractivity contribution in [1.29, 1.82) is 0 Å². The highest BCUT2D eigenvalue weighted by atomic mass is 14.9. The van der Waals surface area contributed by atoms with Gasteiger partial charge in [-0.25, -0.2) is 9.97 Å². The number of aryl methyl sites for hydroxylation is 1. The standard InChI is InChI=1S/C19H26N2/c1-13-20-12-15-10-16(19(2,3)4)11-17(18(15)21-13)14-8-6-5-7-9-14/h10-12,14H,5-9H2,1-4H3. The summed E-state index contributed by atoms with van der Waals surface area (Å²) < 4.78 is 0. The Balaban J connectivity index is 2.20. The Morgan fingerprint density at radius 3 is 2.43 bits per heavy atom. The minimum absolute atomic E-state index is 0.169. The van der Waals surface area contributed by atoms with Gasteiger partial charge in [-0.3, -0.25) is 0 Å². The van der Waals surface area contributed by atoms with Gasteiger partial charge in [0.15, 0.2) is 0 Å². The summed E-state index contributed by atoms with van der Waals surface area (Å²) in [5, 5.41) is 1.20. The molecule has 0 amide bonds. The molecule has 0 bridgehead atoms. The summed E-state index contributed by atoms with van der Waals surface area (Å²) in [6, 6.07) is 4.70. The minimum Gasteiger partial charge on any atom is -0.241 e. The van der Waals surface area contributed by atoms with Gasteiger partial charge in [0, 0.05) is 11.6 Å². The van der Waals surface area contributed by atoms with E-state index in [2.05, 4.69) is 37.9 Å². The molecule has 1 aromatic carbocycles. The highest BCUT2D eigenvalue weighted by molar-refractivity contribution is 5.83. The van der Waals surface area contributed by atoms with Gasteiger partial charge >= 0.3 is 0 Å². The lowest BCUT2D eigenvalue weighted by atomic mass is 9.79. The Labute approximate surface area is 128 Å². The zero-order chi connectivity index (χ0) is 15.0. The van der Waals surface area contributed by atoms with Crippen LogP contribution in [0.25, 0.3) is 10.9 Å². The van der Waals surface area contributed by atoms with Crippen molar-refractivity contribution in [3.63, 3.8) is 0 Å². The number of fused-ring (bicyclic) bond motifs is 1. The van der Waals surface area contributed by atoms with E-state index in [-0.39, 0.29) is 5.41 Å². The lowest BCUT2D eigenvalue weighted by Gasteiger charge is -2.26. The molecule has 1 fully saturated rings. The Kier molecular flexibility index (Phi) is 3.73. The summed E-state index contributed by atoms with van der Waals surface area (Å²) in [5.41, 5.74) is 4.22. The Bertz CT molecular complexity index is 646. The summed E-state index contributed by atoms with van der Waals surface area (Å²) in [7, 11) is 0. The first-order valence-electron chi connectivity index (χ1n) is 8.23. The van der Waals surface area contributed by atoms with E-state index in [4.69, 9.17) is 4.98 Å². The predicted octanol–water partition coefficient (Wildman–Crippen LogP) is 5.28. The number of nitrogens with zero attached hydrogens (tertiary/aromatic N) is 2. The van der Waals surface area contributed by atoms with Crippen LogP contribution in [0.2, 0.25) is 0 Å². The van der Waals surface area contributed by atoms with Crippen molar-refractivity contribution < 1.29 is 0 Å². The smallest absolute Gasteiger partial charge is 0.125 e. The molecule has 21 heavy (non-hydrogen) atoms. The molecule has 1 aliphatic carbocycles. The highest BCUT2D eigenvalue weighted by Crippen LogP contribution is 2.38. The topological polar surface area (TPSA) is 25.8 Å². The molecule has 112 valence electrons. The summed E-state index contributed by atoms with van der Waals surface area (Å²) in [6.07, 6.45) is 8.73. The van der Waals surface area contributed by atoms with Crippen molar-refractivity contribution in [2.75, 3.05) is 0 Å². The van der Waals surface area contributed by atoms with E-state index in [1.807, 2.05) is 13.1 Å². The molecule has 0 radical (unpaired) electrons. The third-order valence-electron chi connectivity index (χ3n) is 4.74. The molecule has 3 rings (SSSR count). The molecule has 2 nitrogen and oxygen atoms in total. The first-order valence-corrected chi connectivity index (χ1v) is 8.23. The van der Waals surface area contributed by atoms with Crippen LogP contribution in [0.3, 0.4) is 0 Å². The van der Waals surface area contributed by atoms with Gasteiger partial charge in [0.05, 0.1) is 5.52 Å². The first-order chi connectivity index (χ1) is 9.95. The lowest BCUT2D eigenvalue weighted by molar-refractivity contribution is 0.444. The first kappa shape index (κ1) is 14.5. The zero-order valence-corrected chi connectivity index (χ0v) is 13.7. The van der Waals surface area contributed by atoms with Crippen LogP contribution in [0, 0.1) is 6.92 Å². The zero-order valence-electron chi connectivity index (χ0n) is 13.7. The molecule has 0 atom stereocenters. The molecular formula is C19H26N2. The van der Waals surface area contributed by atoms with Crippen LogP contribution in [-0.2, 0) is 5.41 Å². The van der Waals surface area contributed by atoms with Crippen molar-refractivity contribution in [3.8, 4) is 0 Å². The van der Waals surface area contributed by atoms with Crippen molar-refractivity contribution in [2.24, 2.45) is 0 Å². The van der Waals surface area contributed by atoms with E-state index < -0.39 is 0 Å². The second-order valence-electron chi connectivity index (χ2n) is 7.51.